The van der Waals surface area contributed by atoms with Gasteiger partial charge >= 0.3 is 0 Å². The van der Waals surface area contributed by atoms with Crippen LogP contribution in [0.3, 0.4) is 0 Å². The summed E-state index contributed by atoms with van der Waals surface area (Å²) in [7, 11) is 0. The van der Waals surface area contributed by atoms with Gasteiger partial charge in [0.1, 0.15) is 0 Å². The van der Waals surface area contributed by atoms with Gasteiger partial charge < -0.3 is 9.84 Å². The average Bonchev–Trinajstić information content (AvgIpc) is 2.83. The van der Waals surface area contributed by atoms with E-state index in [4.69, 9.17) is 4.74 Å². The molecule has 3 aliphatic rings. The molecular weight excluding hydrogens is 226 g/mol. The Kier molecular flexibility index (Phi) is 3.65. The van der Waals surface area contributed by atoms with Crippen LogP contribution >= 0.6 is 0 Å². The summed E-state index contributed by atoms with van der Waals surface area (Å²) >= 11 is 0. The van der Waals surface area contributed by atoms with Crippen LogP contribution < -0.4 is 0 Å². The van der Waals surface area contributed by atoms with E-state index in [1.54, 1.807) is 0 Å². The summed E-state index contributed by atoms with van der Waals surface area (Å²) in [4.78, 5) is 2.65. The van der Waals surface area contributed by atoms with Crippen molar-refractivity contribution in [1.29, 1.82) is 0 Å². The van der Waals surface area contributed by atoms with Gasteiger partial charge in [0.25, 0.3) is 0 Å². The number of aliphatic hydroxyl groups is 1. The normalized spacial score (nSPS) is 41.3. The Morgan fingerprint density at radius 2 is 2.00 bits per heavy atom. The van der Waals surface area contributed by atoms with Gasteiger partial charge in [-0.25, -0.2) is 0 Å². The van der Waals surface area contributed by atoms with Crippen molar-refractivity contribution < 1.29 is 9.84 Å². The van der Waals surface area contributed by atoms with Gasteiger partial charge in [-0.1, -0.05) is 12.8 Å². The summed E-state index contributed by atoms with van der Waals surface area (Å²) in [5, 5.41) is 10.1. The van der Waals surface area contributed by atoms with Crippen molar-refractivity contribution in [3.8, 4) is 0 Å². The van der Waals surface area contributed by atoms with Crippen LogP contribution in [0.1, 0.15) is 51.9 Å². The van der Waals surface area contributed by atoms with Gasteiger partial charge in [0.05, 0.1) is 19.3 Å². The van der Waals surface area contributed by atoms with Crippen molar-refractivity contribution >= 4 is 0 Å². The van der Waals surface area contributed by atoms with Crippen LogP contribution in [-0.4, -0.2) is 48.0 Å². The molecule has 0 aromatic carbocycles. The highest BCUT2D eigenvalue weighted by molar-refractivity contribution is 5.01. The molecule has 1 saturated heterocycles. The molecule has 104 valence electrons. The molecule has 3 heteroatoms. The van der Waals surface area contributed by atoms with E-state index in [-0.39, 0.29) is 6.10 Å². The van der Waals surface area contributed by atoms with E-state index in [0.29, 0.717) is 17.5 Å². The Bertz CT molecular complexity index is 288. The maximum atomic E-state index is 10.1. The highest BCUT2D eigenvalue weighted by atomic mass is 16.5. The van der Waals surface area contributed by atoms with E-state index >= 15 is 0 Å². The quantitative estimate of drug-likeness (QED) is 0.777. The summed E-state index contributed by atoms with van der Waals surface area (Å²) in [6, 6.07) is 1.12. The first-order valence-corrected chi connectivity index (χ1v) is 7.73. The molecule has 3 rings (SSSR count). The molecule has 1 heterocycles. The molecule has 18 heavy (non-hydrogen) atoms. The Morgan fingerprint density at radius 1 is 1.22 bits per heavy atom. The third-order valence-electron chi connectivity index (χ3n) is 5.60. The van der Waals surface area contributed by atoms with Gasteiger partial charge in [0.2, 0.25) is 0 Å². The molecule has 0 aromatic rings. The maximum Gasteiger partial charge on any atom is 0.0619 e. The lowest BCUT2D eigenvalue weighted by Crippen LogP contribution is -2.58. The number of morpholine rings is 1. The molecule has 3 unspecified atom stereocenters. The highest BCUT2D eigenvalue weighted by Gasteiger charge is 2.48. The first kappa shape index (κ1) is 12.9. The van der Waals surface area contributed by atoms with Gasteiger partial charge in [0, 0.05) is 18.6 Å². The smallest absolute Gasteiger partial charge is 0.0619 e. The van der Waals surface area contributed by atoms with Gasteiger partial charge in [-0.3, -0.25) is 4.90 Å². The molecule has 3 atom stereocenters. The second-order valence-electron chi connectivity index (χ2n) is 6.68. The molecular formula is C15H27NO2. The van der Waals surface area contributed by atoms with Crippen LogP contribution in [0.15, 0.2) is 0 Å². The lowest BCUT2D eigenvalue weighted by Gasteiger charge is -2.51. The predicted octanol–water partition coefficient (Wildman–Crippen LogP) is 2.18. The topological polar surface area (TPSA) is 32.7 Å². The Balaban J connectivity index is 1.80. The third-order valence-corrected chi connectivity index (χ3v) is 5.60. The average molecular weight is 253 g/mol. The molecule has 1 N–H and O–H groups in total. The van der Waals surface area contributed by atoms with Crippen LogP contribution in [-0.2, 0) is 4.74 Å². The van der Waals surface area contributed by atoms with Crippen molar-refractivity contribution in [2.75, 3.05) is 19.8 Å². The molecule has 1 aliphatic heterocycles. The second-order valence-corrected chi connectivity index (χ2v) is 6.68. The number of hydrogen-bond donors (Lipinski definition) is 1. The van der Waals surface area contributed by atoms with Crippen LogP contribution in [0.25, 0.3) is 0 Å². The van der Waals surface area contributed by atoms with Gasteiger partial charge in [-0.15, -0.1) is 0 Å². The summed E-state index contributed by atoms with van der Waals surface area (Å²) in [5.74, 6) is 0. The summed E-state index contributed by atoms with van der Waals surface area (Å²) in [6.45, 7) is 5.07. The van der Waals surface area contributed by atoms with E-state index in [9.17, 15) is 5.11 Å². The Hall–Kier alpha value is -0.120. The predicted molar refractivity (Wildman–Crippen MR) is 71.5 cm³/mol. The van der Waals surface area contributed by atoms with Crippen molar-refractivity contribution in [2.45, 2.75) is 70.1 Å². The van der Waals surface area contributed by atoms with Crippen molar-refractivity contribution in [3.05, 3.63) is 0 Å². The maximum absolute atomic E-state index is 10.1. The van der Waals surface area contributed by atoms with Gasteiger partial charge in [-0.05, 0) is 44.4 Å². The van der Waals surface area contributed by atoms with E-state index < -0.39 is 0 Å². The third kappa shape index (κ3) is 2.21. The fourth-order valence-electron chi connectivity index (χ4n) is 4.60. The summed E-state index contributed by atoms with van der Waals surface area (Å²) in [5.41, 5.74) is 0.519. The fourth-order valence-corrected chi connectivity index (χ4v) is 4.60. The van der Waals surface area contributed by atoms with Crippen LogP contribution in [0.4, 0.5) is 0 Å². The second kappa shape index (κ2) is 5.10. The minimum atomic E-state index is -0.0729. The van der Waals surface area contributed by atoms with Crippen LogP contribution in [0.2, 0.25) is 0 Å². The minimum absolute atomic E-state index is 0.0729. The van der Waals surface area contributed by atoms with E-state index in [1.807, 2.05) is 0 Å². The molecule has 0 bridgehead atoms. The zero-order valence-electron chi connectivity index (χ0n) is 11.6. The molecule has 3 fully saturated rings. The minimum Gasteiger partial charge on any atom is -0.393 e. The fraction of sp³-hybridized carbons (Fsp3) is 1.00. The number of hydrogen-bond acceptors (Lipinski definition) is 3. The lowest BCUT2D eigenvalue weighted by molar-refractivity contribution is -0.0885. The molecule has 2 saturated carbocycles. The number of rotatable bonds is 1. The lowest BCUT2D eigenvalue weighted by atomic mass is 9.67. The molecule has 0 aromatic heterocycles. The number of aliphatic hydroxyl groups excluding tert-OH is 1. The molecule has 0 amide bonds. The summed E-state index contributed by atoms with van der Waals surface area (Å²) in [6.07, 6.45) is 8.73. The van der Waals surface area contributed by atoms with Crippen molar-refractivity contribution in [1.82, 2.24) is 4.90 Å². The molecule has 3 nitrogen and oxygen atoms in total. The zero-order valence-corrected chi connectivity index (χ0v) is 11.6. The monoisotopic (exact) mass is 253 g/mol. The number of ether oxygens (including phenoxy) is 1. The van der Waals surface area contributed by atoms with Gasteiger partial charge in [0.15, 0.2) is 0 Å². The van der Waals surface area contributed by atoms with E-state index in [0.717, 1.165) is 32.6 Å². The standard InChI is InChI=1S/C15H27NO2/c1-12-11-18-9-8-16(12)14-10-13(17)4-7-15(14)5-2-3-6-15/h12-14,17H,2-11H2,1H3. The summed E-state index contributed by atoms with van der Waals surface area (Å²) < 4.78 is 5.58. The molecule has 0 radical (unpaired) electrons. The Morgan fingerprint density at radius 3 is 2.72 bits per heavy atom. The van der Waals surface area contributed by atoms with E-state index in [1.165, 1.54) is 32.1 Å². The van der Waals surface area contributed by atoms with Crippen LogP contribution in [0.5, 0.6) is 0 Å². The molecule has 2 aliphatic carbocycles. The SMILES string of the molecule is CC1COCCN1C1CC(O)CCC12CCCC2. The first-order valence-electron chi connectivity index (χ1n) is 7.73. The highest BCUT2D eigenvalue weighted by Crippen LogP contribution is 2.51. The zero-order chi connectivity index (χ0) is 12.6. The van der Waals surface area contributed by atoms with E-state index in [2.05, 4.69) is 11.8 Å². The van der Waals surface area contributed by atoms with Gasteiger partial charge in [-0.2, -0.15) is 0 Å². The molecule has 1 spiro atoms. The Labute approximate surface area is 110 Å². The van der Waals surface area contributed by atoms with Crippen molar-refractivity contribution in [3.63, 3.8) is 0 Å². The largest absolute Gasteiger partial charge is 0.393 e. The number of nitrogens with zero attached hydrogens (tertiary/aromatic N) is 1. The van der Waals surface area contributed by atoms with Crippen LogP contribution in [0, 0.1) is 5.41 Å². The first-order chi connectivity index (χ1) is 8.71. The van der Waals surface area contributed by atoms with Crippen molar-refractivity contribution in [2.24, 2.45) is 5.41 Å².